The lowest BCUT2D eigenvalue weighted by molar-refractivity contribution is 0.589. The second kappa shape index (κ2) is 10.8. The third-order valence-corrected chi connectivity index (χ3v) is 7.93. The summed E-state index contributed by atoms with van der Waals surface area (Å²) in [5.41, 5.74) is 9.64. The summed E-state index contributed by atoms with van der Waals surface area (Å²) >= 11 is 10.4. The quantitative estimate of drug-likeness (QED) is 0.224. The molecule has 39 heavy (non-hydrogen) atoms. The van der Waals surface area contributed by atoms with E-state index in [0.717, 1.165) is 21.5 Å². The van der Waals surface area contributed by atoms with Gasteiger partial charge in [-0.1, -0.05) is 126 Å². The van der Waals surface area contributed by atoms with E-state index in [-0.39, 0.29) is 16.2 Å². The van der Waals surface area contributed by atoms with Gasteiger partial charge in [0.05, 0.1) is 5.69 Å². The standard InChI is InChI=1S/C36H41BrClN/c1-34(2,3)25-15-13-24(14-16-25)32-21-26(35(4,5)6)17-18-33(32)39(30-12-10-11-29(38)23-30)31-20-27(36(7,8)9)19-28(37)22-31/h10-23H,1-9H3. The van der Waals surface area contributed by atoms with Crippen LogP contribution in [0.15, 0.2) is 89.4 Å². The van der Waals surface area contributed by atoms with Gasteiger partial charge in [-0.3, -0.25) is 0 Å². The Morgan fingerprint density at radius 3 is 1.72 bits per heavy atom. The molecule has 0 spiro atoms. The van der Waals surface area contributed by atoms with Crippen molar-refractivity contribution >= 4 is 44.6 Å². The maximum absolute atomic E-state index is 6.57. The molecule has 0 radical (unpaired) electrons. The predicted molar refractivity (Wildman–Crippen MR) is 175 cm³/mol. The summed E-state index contributed by atoms with van der Waals surface area (Å²) in [6, 6.07) is 30.8. The Balaban J connectivity index is 2.03. The fourth-order valence-corrected chi connectivity index (χ4v) is 5.42. The van der Waals surface area contributed by atoms with Crippen LogP contribution in [0, 0.1) is 0 Å². The van der Waals surface area contributed by atoms with Gasteiger partial charge in [0.15, 0.2) is 0 Å². The summed E-state index contributed by atoms with van der Waals surface area (Å²) in [6.45, 7) is 20.3. The molecular formula is C36H41BrClN. The Bertz CT molecular complexity index is 1460. The number of nitrogens with zero attached hydrogens (tertiary/aromatic N) is 1. The highest BCUT2D eigenvalue weighted by Gasteiger charge is 2.24. The van der Waals surface area contributed by atoms with Crippen molar-refractivity contribution in [3.8, 4) is 11.1 Å². The number of rotatable bonds is 4. The number of anilines is 3. The molecule has 4 aromatic carbocycles. The van der Waals surface area contributed by atoms with Crippen molar-refractivity contribution in [1.29, 1.82) is 0 Å². The topological polar surface area (TPSA) is 3.24 Å². The molecule has 0 unspecified atom stereocenters. The normalized spacial score (nSPS) is 12.5. The van der Waals surface area contributed by atoms with Crippen molar-refractivity contribution in [1.82, 2.24) is 0 Å². The van der Waals surface area contributed by atoms with E-state index in [2.05, 4.69) is 150 Å². The molecule has 0 saturated carbocycles. The molecule has 0 fully saturated rings. The molecule has 0 bridgehead atoms. The van der Waals surface area contributed by atoms with Crippen LogP contribution < -0.4 is 4.90 Å². The Labute approximate surface area is 249 Å². The average molecular weight is 603 g/mol. The third-order valence-electron chi connectivity index (χ3n) is 7.24. The van der Waals surface area contributed by atoms with Crippen molar-refractivity contribution in [3.63, 3.8) is 0 Å². The number of halogens is 2. The monoisotopic (exact) mass is 601 g/mol. The largest absolute Gasteiger partial charge is 0.310 e. The SMILES string of the molecule is CC(C)(C)c1ccc(-c2cc(C(C)(C)C)ccc2N(c2cccc(Cl)c2)c2cc(Br)cc(C(C)(C)C)c2)cc1. The van der Waals surface area contributed by atoms with Gasteiger partial charge >= 0.3 is 0 Å². The van der Waals surface area contributed by atoms with Crippen LogP contribution in [0.1, 0.15) is 79.0 Å². The first-order chi connectivity index (χ1) is 18.0. The highest BCUT2D eigenvalue weighted by molar-refractivity contribution is 9.10. The van der Waals surface area contributed by atoms with Crippen molar-refractivity contribution in [2.24, 2.45) is 0 Å². The lowest BCUT2D eigenvalue weighted by Crippen LogP contribution is -2.16. The van der Waals surface area contributed by atoms with Crippen LogP contribution in [0.25, 0.3) is 11.1 Å². The summed E-state index contributed by atoms with van der Waals surface area (Å²) in [4.78, 5) is 2.34. The second-order valence-electron chi connectivity index (χ2n) is 13.6. The van der Waals surface area contributed by atoms with E-state index in [9.17, 15) is 0 Å². The molecule has 0 aliphatic heterocycles. The Kier molecular flexibility index (Phi) is 8.14. The molecule has 0 aliphatic carbocycles. The van der Waals surface area contributed by atoms with Crippen LogP contribution in [-0.2, 0) is 16.2 Å². The van der Waals surface area contributed by atoms with Gasteiger partial charge in [-0.25, -0.2) is 0 Å². The zero-order valence-electron chi connectivity index (χ0n) is 24.8. The fourth-order valence-electron chi connectivity index (χ4n) is 4.76. The molecule has 1 nitrogen and oxygen atoms in total. The van der Waals surface area contributed by atoms with Crippen molar-refractivity contribution in [2.45, 2.75) is 78.6 Å². The first-order valence-corrected chi connectivity index (χ1v) is 14.8. The smallest absolute Gasteiger partial charge is 0.0540 e. The molecule has 0 saturated heterocycles. The Morgan fingerprint density at radius 2 is 1.15 bits per heavy atom. The summed E-state index contributed by atoms with van der Waals surface area (Å²) in [5, 5.41) is 0.714. The third kappa shape index (κ3) is 6.79. The Morgan fingerprint density at radius 1 is 0.564 bits per heavy atom. The van der Waals surface area contributed by atoms with Crippen LogP contribution >= 0.6 is 27.5 Å². The summed E-state index contributed by atoms with van der Waals surface area (Å²) < 4.78 is 1.05. The van der Waals surface area contributed by atoms with Crippen molar-refractivity contribution in [2.75, 3.05) is 4.90 Å². The molecule has 4 aromatic rings. The van der Waals surface area contributed by atoms with E-state index in [1.54, 1.807) is 0 Å². The van der Waals surface area contributed by atoms with E-state index < -0.39 is 0 Å². The van der Waals surface area contributed by atoms with Gasteiger partial charge < -0.3 is 4.90 Å². The molecular weight excluding hydrogens is 562 g/mol. The molecule has 3 heteroatoms. The minimum absolute atomic E-state index is 0.000240. The van der Waals surface area contributed by atoms with E-state index in [4.69, 9.17) is 11.6 Å². The highest BCUT2D eigenvalue weighted by Crippen LogP contribution is 2.45. The lowest BCUT2D eigenvalue weighted by atomic mass is 9.83. The fraction of sp³-hybridized carbons (Fsp3) is 0.333. The zero-order chi connectivity index (χ0) is 28.8. The van der Waals surface area contributed by atoms with Gasteiger partial charge in [0.2, 0.25) is 0 Å². The van der Waals surface area contributed by atoms with Crippen LogP contribution in [0.3, 0.4) is 0 Å². The van der Waals surface area contributed by atoms with Gasteiger partial charge in [0, 0.05) is 26.4 Å². The van der Waals surface area contributed by atoms with Crippen LogP contribution in [0.5, 0.6) is 0 Å². The van der Waals surface area contributed by atoms with Gasteiger partial charge in [0.25, 0.3) is 0 Å². The van der Waals surface area contributed by atoms with Gasteiger partial charge in [0.1, 0.15) is 0 Å². The maximum atomic E-state index is 6.57. The van der Waals surface area contributed by atoms with E-state index in [1.165, 1.54) is 27.8 Å². The second-order valence-corrected chi connectivity index (χ2v) is 14.9. The summed E-state index contributed by atoms with van der Waals surface area (Å²) in [6.07, 6.45) is 0. The molecule has 204 valence electrons. The molecule has 0 atom stereocenters. The van der Waals surface area contributed by atoms with Crippen molar-refractivity contribution < 1.29 is 0 Å². The predicted octanol–water partition coefficient (Wildman–Crippen LogP) is 12.1. The summed E-state index contributed by atoms with van der Waals surface area (Å²) in [7, 11) is 0. The molecule has 0 N–H and O–H groups in total. The highest BCUT2D eigenvalue weighted by atomic mass is 79.9. The lowest BCUT2D eigenvalue weighted by Gasteiger charge is -2.31. The van der Waals surface area contributed by atoms with Crippen LogP contribution in [0.2, 0.25) is 5.02 Å². The number of hydrogen-bond acceptors (Lipinski definition) is 1. The van der Waals surface area contributed by atoms with E-state index in [0.29, 0.717) is 5.02 Å². The molecule has 0 aromatic heterocycles. The van der Waals surface area contributed by atoms with Gasteiger partial charge in [-0.05, 0) is 87.0 Å². The summed E-state index contributed by atoms with van der Waals surface area (Å²) in [5.74, 6) is 0. The number of hydrogen-bond donors (Lipinski definition) is 0. The molecule has 0 heterocycles. The maximum Gasteiger partial charge on any atom is 0.0540 e. The van der Waals surface area contributed by atoms with E-state index >= 15 is 0 Å². The average Bonchev–Trinajstić information content (AvgIpc) is 2.82. The van der Waals surface area contributed by atoms with Crippen molar-refractivity contribution in [3.05, 3.63) is 111 Å². The first-order valence-electron chi connectivity index (χ1n) is 13.7. The van der Waals surface area contributed by atoms with Crippen LogP contribution in [0.4, 0.5) is 17.1 Å². The molecule has 0 amide bonds. The van der Waals surface area contributed by atoms with Gasteiger partial charge in [-0.15, -0.1) is 0 Å². The minimum atomic E-state index is 0.000240. The number of benzene rings is 4. The zero-order valence-corrected chi connectivity index (χ0v) is 27.1. The molecule has 4 rings (SSSR count). The van der Waals surface area contributed by atoms with Crippen LogP contribution in [-0.4, -0.2) is 0 Å². The Hall–Kier alpha value is -2.55. The van der Waals surface area contributed by atoms with E-state index in [1.807, 2.05) is 18.2 Å². The molecule has 0 aliphatic rings. The minimum Gasteiger partial charge on any atom is -0.310 e. The van der Waals surface area contributed by atoms with Gasteiger partial charge in [-0.2, -0.15) is 0 Å². The first kappa shape index (κ1) is 29.4.